The molecule has 0 atom stereocenters. The number of carboxylic acids is 1. The molecule has 0 aromatic heterocycles. The monoisotopic (exact) mass is 386 g/mol. The standard InChI is InChI=1S/C23H30O5/c1-2-3-4-5-6-8-12-19-13-11-16-21(23(24)25)22(19)28-27-18-17-26-20-14-9-7-10-15-20/h7,9-11,13-16H,2-6,8,12,17-18H2,1H3,(H,24,25). The second-order valence-electron chi connectivity index (χ2n) is 6.68. The molecule has 1 N–H and O–H groups in total. The van der Waals surface area contributed by atoms with Gasteiger partial charge in [-0.2, -0.15) is 4.89 Å². The lowest BCUT2D eigenvalue weighted by atomic mass is 10.0. The Balaban J connectivity index is 1.84. The highest BCUT2D eigenvalue weighted by molar-refractivity contribution is 5.91. The summed E-state index contributed by atoms with van der Waals surface area (Å²) in [5.74, 6) is 0.0213. The fourth-order valence-electron chi connectivity index (χ4n) is 2.96. The lowest BCUT2D eigenvalue weighted by Crippen LogP contribution is -2.12. The van der Waals surface area contributed by atoms with Crippen molar-refractivity contribution in [1.82, 2.24) is 0 Å². The van der Waals surface area contributed by atoms with Crippen LogP contribution in [0.2, 0.25) is 0 Å². The van der Waals surface area contributed by atoms with Crippen LogP contribution in [0.15, 0.2) is 48.5 Å². The zero-order valence-corrected chi connectivity index (χ0v) is 16.6. The number of hydrogen-bond acceptors (Lipinski definition) is 4. The molecule has 2 aromatic carbocycles. The third-order valence-corrected chi connectivity index (χ3v) is 4.45. The molecule has 0 saturated heterocycles. The van der Waals surface area contributed by atoms with Gasteiger partial charge in [-0.1, -0.05) is 69.4 Å². The van der Waals surface area contributed by atoms with E-state index in [0.29, 0.717) is 12.4 Å². The number of benzene rings is 2. The lowest BCUT2D eigenvalue weighted by Gasteiger charge is -2.13. The van der Waals surface area contributed by atoms with E-state index in [4.69, 9.17) is 14.5 Å². The molecule has 0 amide bonds. The molecule has 0 aliphatic carbocycles. The van der Waals surface area contributed by atoms with Crippen molar-refractivity contribution in [1.29, 1.82) is 0 Å². The number of hydrogen-bond donors (Lipinski definition) is 1. The molecule has 0 spiro atoms. The number of ether oxygens (including phenoxy) is 1. The molecule has 152 valence electrons. The summed E-state index contributed by atoms with van der Waals surface area (Å²) in [7, 11) is 0. The van der Waals surface area contributed by atoms with Gasteiger partial charge in [-0.25, -0.2) is 4.79 Å². The molecule has 0 unspecified atom stereocenters. The minimum absolute atomic E-state index is 0.118. The summed E-state index contributed by atoms with van der Waals surface area (Å²) in [4.78, 5) is 22.2. The maximum Gasteiger partial charge on any atom is 0.339 e. The number of unbranched alkanes of at least 4 members (excludes halogenated alkanes) is 5. The summed E-state index contributed by atoms with van der Waals surface area (Å²) in [6.45, 7) is 2.71. The Hall–Kier alpha value is -2.53. The summed E-state index contributed by atoms with van der Waals surface area (Å²) >= 11 is 0. The first-order chi connectivity index (χ1) is 13.7. The highest BCUT2D eigenvalue weighted by Gasteiger charge is 2.16. The van der Waals surface area contributed by atoms with Crippen LogP contribution in [0, 0.1) is 0 Å². The molecule has 0 aliphatic rings. The smallest absolute Gasteiger partial charge is 0.339 e. The van der Waals surface area contributed by atoms with Gasteiger partial charge in [-0.15, -0.1) is 0 Å². The highest BCUT2D eigenvalue weighted by atomic mass is 17.2. The average Bonchev–Trinajstić information content (AvgIpc) is 2.71. The van der Waals surface area contributed by atoms with E-state index >= 15 is 0 Å². The highest BCUT2D eigenvalue weighted by Crippen LogP contribution is 2.26. The van der Waals surface area contributed by atoms with E-state index in [2.05, 4.69) is 6.92 Å². The van der Waals surface area contributed by atoms with Crippen molar-refractivity contribution in [3.8, 4) is 11.5 Å². The second-order valence-corrected chi connectivity index (χ2v) is 6.68. The zero-order chi connectivity index (χ0) is 20.0. The van der Waals surface area contributed by atoms with Gasteiger partial charge in [0.15, 0.2) is 5.75 Å². The van der Waals surface area contributed by atoms with E-state index in [9.17, 15) is 9.90 Å². The Morgan fingerprint density at radius 2 is 1.64 bits per heavy atom. The van der Waals surface area contributed by atoms with Crippen LogP contribution in [0.1, 0.15) is 61.4 Å². The summed E-state index contributed by atoms with van der Waals surface area (Å²) in [6, 6.07) is 14.6. The third kappa shape index (κ3) is 7.61. The van der Waals surface area contributed by atoms with Gasteiger partial charge >= 0.3 is 5.97 Å². The van der Waals surface area contributed by atoms with Crippen LogP contribution < -0.4 is 9.62 Å². The van der Waals surface area contributed by atoms with E-state index in [1.54, 1.807) is 6.07 Å². The van der Waals surface area contributed by atoms with Crippen molar-refractivity contribution in [2.24, 2.45) is 0 Å². The molecule has 28 heavy (non-hydrogen) atoms. The number of aromatic carboxylic acids is 1. The van der Waals surface area contributed by atoms with E-state index in [1.165, 1.54) is 31.7 Å². The molecule has 5 heteroatoms. The Morgan fingerprint density at radius 3 is 2.39 bits per heavy atom. The predicted molar refractivity (Wildman–Crippen MR) is 109 cm³/mol. The molecule has 0 saturated carbocycles. The van der Waals surface area contributed by atoms with Crippen molar-refractivity contribution in [3.63, 3.8) is 0 Å². The number of carbonyl (C=O) groups is 1. The van der Waals surface area contributed by atoms with E-state index in [-0.39, 0.29) is 12.2 Å². The summed E-state index contributed by atoms with van der Waals surface area (Å²) in [6.07, 6.45) is 7.84. The van der Waals surface area contributed by atoms with Gasteiger partial charge in [0.25, 0.3) is 0 Å². The van der Waals surface area contributed by atoms with E-state index in [1.807, 2.05) is 36.4 Å². The van der Waals surface area contributed by atoms with Gasteiger partial charge in [-0.05, 0) is 36.6 Å². The fraction of sp³-hybridized carbons (Fsp3) is 0.435. The van der Waals surface area contributed by atoms with Crippen LogP contribution in [0.4, 0.5) is 0 Å². The second kappa shape index (κ2) is 12.8. The van der Waals surface area contributed by atoms with Crippen LogP contribution in [-0.4, -0.2) is 24.3 Å². The van der Waals surface area contributed by atoms with Gasteiger partial charge in [0.05, 0.1) is 0 Å². The predicted octanol–water partition coefficient (Wildman–Crippen LogP) is 5.68. The Labute approximate surface area is 167 Å². The molecule has 2 rings (SSSR count). The molecule has 0 aliphatic heterocycles. The molecular formula is C23H30O5. The average molecular weight is 386 g/mol. The van der Waals surface area contributed by atoms with Crippen molar-refractivity contribution in [2.75, 3.05) is 13.2 Å². The minimum atomic E-state index is -1.02. The van der Waals surface area contributed by atoms with Crippen molar-refractivity contribution < 1.29 is 24.4 Å². The zero-order valence-electron chi connectivity index (χ0n) is 16.6. The summed E-state index contributed by atoms with van der Waals surface area (Å²) < 4.78 is 5.54. The first-order valence-electron chi connectivity index (χ1n) is 10.0. The Bertz CT molecular complexity index is 699. The van der Waals surface area contributed by atoms with E-state index < -0.39 is 5.97 Å². The summed E-state index contributed by atoms with van der Waals surface area (Å²) in [5.41, 5.74) is 0.979. The molecule has 0 radical (unpaired) electrons. The molecule has 0 heterocycles. The van der Waals surface area contributed by atoms with E-state index in [0.717, 1.165) is 30.6 Å². The number of para-hydroxylation sites is 2. The maximum absolute atomic E-state index is 11.5. The van der Waals surface area contributed by atoms with Gasteiger partial charge in [0.1, 0.15) is 24.5 Å². The van der Waals surface area contributed by atoms with Crippen LogP contribution in [-0.2, 0) is 11.3 Å². The van der Waals surface area contributed by atoms with Gasteiger partial charge in [0, 0.05) is 0 Å². The van der Waals surface area contributed by atoms with Crippen LogP contribution in [0.3, 0.4) is 0 Å². The third-order valence-electron chi connectivity index (χ3n) is 4.45. The Kier molecular flexibility index (Phi) is 9.94. The minimum Gasteiger partial charge on any atom is -0.491 e. The van der Waals surface area contributed by atoms with Crippen LogP contribution >= 0.6 is 0 Å². The molecular weight excluding hydrogens is 356 g/mol. The topological polar surface area (TPSA) is 65.0 Å². The molecule has 2 aromatic rings. The molecule has 0 fully saturated rings. The SMILES string of the molecule is CCCCCCCCc1cccc(C(=O)O)c1OOCCOc1ccccc1. The normalized spacial score (nSPS) is 10.6. The summed E-state index contributed by atoms with van der Waals surface area (Å²) in [5, 5.41) is 9.45. The lowest BCUT2D eigenvalue weighted by molar-refractivity contribution is -0.211. The number of aryl methyl sites for hydroxylation is 1. The van der Waals surface area contributed by atoms with Crippen molar-refractivity contribution in [3.05, 3.63) is 59.7 Å². The Morgan fingerprint density at radius 1 is 0.893 bits per heavy atom. The largest absolute Gasteiger partial charge is 0.491 e. The first-order valence-corrected chi connectivity index (χ1v) is 10.0. The van der Waals surface area contributed by atoms with Gasteiger partial charge in [0.2, 0.25) is 0 Å². The number of carboxylic acid groups (broad SMARTS) is 1. The molecule has 0 bridgehead atoms. The quantitative estimate of drug-likeness (QED) is 0.257. The fourth-order valence-corrected chi connectivity index (χ4v) is 2.96. The molecule has 5 nitrogen and oxygen atoms in total. The number of rotatable bonds is 14. The van der Waals surface area contributed by atoms with Gasteiger partial charge < -0.3 is 14.7 Å². The van der Waals surface area contributed by atoms with Crippen LogP contribution in [0.5, 0.6) is 11.5 Å². The van der Waals surface area contributed by atoms with Crippen molar-refractivity contribution in [2.45, 2.75) is 51.9 Å². The van der Waals surface area contributed by atoms with Gasteiger partial charge in [-0.3, -0.25) is 0 Å². The van der Waals surface area contributed by atoms with Crippen molar-refractivity contribution >= 4 is 5.97 Å². The maximum atomic E-state index is 11.5. The first kappa shape index (κ1) is 21.8. The van der Waals surface area contributed by atoms with Crippen LogP contribution in [0.25, 0.3) is 0 Å².